The van der Waals surface area contributed by atoms with Crippen LogP contribution in [-0.2, 0) is 0 Å². The highest BCUT2D eigenvalue weighted by Gasteiger charge is 2.18. The van der Waals surface area contributed by atoms with E-state index in [4.69, 9.17) is 0 Å². The molecule has 1 N–H and O–H groups in total. The summed E-state index contributed by atoms with van der Waals surface area (Å²) < 4.78 is 0. The summed E-state index contributed by atoms with van der Waals surface area (Å²) in [6.07, 6.45) is 1.21. The molecule has 0 aromatic heterocycles. The maximum absolute atomic E-state index is 3.60. The van der Waals surface area contributed by atoms with Gasteiger partial charge < -0.3 is 5.32 Å². The monoisotopic (exact) mass is 228 g/mol. The zero-order chi connectivity index (χ0) is 12.7. The summed E-state index contributed by atoms with van der Waals surface area (Å²) in [5, 5.41) is 3.60. The van der Waals surface area contributed by atoms with Crippen LogP contribution in [0.5, 0.6) is 0 Å². The minimum absolute atomic E-state index is 0.622. The molecular weight excluding hydrogens is 196 g/mol. The van der Waals surface area contributed by atoms with E-state index in [1.165, 1.54) is 13.0 Å². The van der Waals surface area contributed by atoms with Crippen LogP contribution in [-0.4, -0.2) is 36.1 Å². The Hall–Kier alpha value is -0.0800. The fraction of sp³-hybridized carbons (Fsp3) is 1.00. The molecule has 0 bridgehead atoms. The lowest BCUT2D eigenvalue weighted by Crippen LogP contribution is -2.47. The molecule has 0 heterocycles. The minimum atomic E-state index is 0.622. The van der Waals surface area contributed by atoms with E-state index in [0.717, 1.165) is 12.5 Å². The molecule has 0 radical (unpaired) electrons. The molecule has 0 aliphatic carbocycles. The average Bonchev–Trinajstić information content (AvgIpc) is 2.21. The van der Waals surface area contributed by atoms with Gasteiger partial charge in [0.1, 0.15) is 0 Å². The van der Waals surface area contributed by atoms with Crippen LogP contribution in [0.2, 0.25) is 0 Å². The molecule has 16 heavy (non-hydrogen) atoms. The zero-order valence-electron chi connectivity index (χ0n) is 12.4. The smallest absolute Gasteiger partial charge is 0.0195 e. The molecule has 0 aliphatic rings. The van der Waals surface area contributed by atoms with E-state index in [9.17, 15) is 0 Å². The van der Waals surface area contributed by atoms with Gasteiger partial charge in [-0.2, -0.15) is 0 Å². The van der Waals surface area contributed by atoms with Crippen LogP contribution in [0.1, 0.15) is 54.9 Å². The summed E-state index contributed by atoms with van der Waals surface area (Å²) in [5.74, 6) is 0.744. The van der Waals surface area contributed by atoms with Crippen LogP contribution in [0.4, 0.5) is 0 Å². The molecule has 0 amide bonds. The van der Waals surface area contributed by atoms with Crippen LogP contribution < -0.4 is 5.32 Å². The van der Waals surface area contributed by atoms with E-state index < -0.39 is 0 Å². The first-order valence-electron chi connectivity index (χ1n) is 6.87. The summed E-state index contributed by atoms with van der Waals surface area (Å²) in [6, 6.07) is 1.89. The number of rotatable bonds is 8. The lowest BCUT2D eigenvalue weighted by molar-refractivity contribution is 0.140. The number of nitrogens with one attached hydrogen (secondary N) is 1. The first-order chi connectivity index (χ1) is 7.38. The van der Waals surface area contributed by atoms with Crippen molar-refractivity contribution in [2.75, 3.05) is 13.1 Å². The highest BCUT2D eigenvalue weighted by Crippen LogP contribution is 2.09. The predicted molar refractivity (Wildman–Crippen MR) is 73.9 cm³/mol. The van der Waals surface area contributed by atoms with E-state index in [2.05, 4.69) is 58.7 Å². The largest absolute Gasteiger partial charge is 0.313 e. The molecule has 98 valence electrons. The van der Waals surface area contributed by atoms with Crippen molar-refractivity contribution in [3.05, 3.63) is 0 Å². The lowest BCUT2D eigenvalue weighted by Gasteiger charge is -2.34. The molecule has 0 aromatic rings. The van der Waals surface area contributed by atoms with Gasteiger partial charge in [0.15, 0.2) is 0 Å². The van der Waals surface area contributed by atoms with Gasteiger partial charge in [-0.1, -0.05) is 20.8 Å². The van der Waals surface area contributed by atoms with Gasteiger partial charge in [-0.3, -0.25) is 4.90 Å². The zero-order valence-corrected chi connectivity index (χ0v) is 12.4. The van der Waals surface area contributed by atoms with Gasteiger partial charge in [0.25, 0.3) is 0 Å². The Morgan fingerprint density at radius 1 is 1.00 bits per heavy atom. The summed E-state index contributed by atoms with van der Waals surface area (Å²) >= 11 is 0. The number of hydrogen-bond acceptors (Lipinski definition) is 2. The molecule has 0 spiro atoms. The van der Waals surface area contributed by atoms with Crippen LogP contribution in [0, 0.1) is 5.92 Å². The fourth-order valence-electron chi connectivity index (χ4n) is 1.95. The lowest BCUT2D eigenvalue weighted by atomic mass is 10.1. The third-order valence-electron chi connectivity index (χ3n) is 3.18. The van der Waals surface area contributed by atoms with Gasteiger partial charge in [-0.25, -0.2) is 0 Å². The first-order valence-corrected chi connectivity index (χ1v) is 6.87. The van der Waals surface area contributed by atoms with E-state index in [0.29, 0.717) is 18.1 Å². The molecule has 0 saturated carbocycles. The van der Waals surface area contributed by atoms with Crippen molar-refractivity contribution in [1.82, 2.24) is 10.2 Å². The molecule has 0 rings (SSSR count). The van der Waals surface area contributed by atoms with Gasteiger partial charge in [0, 0.05) is 31.2 Å². The third kappa shape index (κ3) is 6.49. The van der Waals surface area contributed by atoms with Gasteiger partial charge in [0.2, 0.25) is 0 Å². The third-order valence-corrected chi connectivity index (χ3v) is 3.18. The van der Waals surface area contributed by atoms with E-state index in [-0.39, 0.29) is 0 Å². The second-order valence-electron chi connectivity index (χ2n) is 5.75. The summed E-state index contributed by atoms with van der Waals surface area (Å²) in [6.45, 7) is 18.3. The topological polar surface area (TPSA) is 15.3 Å². The van der Waals surface area contributed by atoms with E-state index >= 15 is 0 Å². The van der Waals surface area contributed by atoms with Crippen LogP contribution in [0.25, 0.3) is 0 Å². The first kappa shape index (κ1) is 15.9. The van der Waals surface area contributed by atoms with Crippen molar-refractivity contribution in [3.8, 4) is 0 Å². The number of nitrogens with zero attached hydrogens (tertiary/aromatic N) is 1. The van der Waals surface area contributed by atoms with Crippen LogP contribution in [0.15, 0.2) is 0 Å². The Kier molecular flexibility index (Phi) is 8.04. The Bertz CT molecular complexity index is 166. The molecule has 2 nitrogen and oxygen atoms in total. The van der Waals surface area contributed by atoms with Crippen molar-refractivity contribution >= 4 is 0 Å². The maximum Gasteiger partial charge on any atom is 0.0195 e. The molecule has 0 aromatic carbocycles. The maximum atomic E-state index is 3.60. The Balaban J connectivity index is 4.11. The molecular formula is C14H32N2. The highest BCUT2D eigenvalue weighted by atomic mass is 15.2. The molecule has 2 atom stereocenters. The highest BCUT2D eigenvalue weighted by molar-refractivity contribution is 4.75. The van der Waals surface area contributed by atoms with Crippen molar-refractivity contribution in [2.45, 2.75) is 73.0 Å². The predicted octanol–water partition coefficient (Wildman–Crippen LogP) is 3.13. The second-order valence-corrected chi connectivity index (χ2v) is 5.75. The average molecular weight is 228 g/mol. The van der Waals surface area contributed by atoms with Gasteiger partial charge in [0.05, 0.1) is 0 Å². The van der Waals surface area contributed by atoms with E-state index in [1.807, 2.05) is 0 Å². The van der Waals surface area contributed by atoms with Crippen molar-refractivity contribution in [1.29, 1.82) is 0 Å². The van der Waals surface area contributed by atoms with Gasteiger partial charge >= 0.3 is 0 Å². The normalized spacial score (nSPS) is 16.1. The van der Waals surface area contributed by atoms with Gasteiger partial charge in [-0.05, 0) is 40.0 Å². The fourth-order valence-corrected chi connectivity index (χ4v) is 1.95. The SMILES string of the molecule is CCC(C)NCC(C)N(CC(C)C)C(C)C. The Labute approximate surface area is 103 Å². The summed E-state index contributed by atoms with van der Waals surface area (Å²) in [7, 11) is 0. The van der Waals surface area contributed by atoms with Crippen molar-refractivity contribution in [3.63, 3.8) is 0 Å². The summed E-state index contributed by atoms with van der Waals surface area (Å²) in [4.78, 5) is 2.60. The Morgan fingerprint density at radius 2 is 1.56 bits per heavy atom. The standard InChI is InChI=1S/C14H32N2/c1-8-13(6)15-9-14(7)16(12(4)5)10-11(2)3/h11-15H,8-10H2,1-7H3. The minimum Gasteiger partial charge on any atom is -0.313 e. The quantitative estimate of drug-likeness (QED) is 0.686. The molecule has 2 unspecified atom stereocenters. The van der Waals surface area contributed by atoms with Crippen molar-refractivity contribution < 1.29 is 0 Å². The molecule has 0 fully saturated rings. The number of hydrogen-bond donors (Lipinski definition) is 1. The molecule has 0 saturated heterocycles. The molecule has 2 heteroatoms. The van der Waals surface area contributed by atoms with Crippen LogP contribution in [0.3, 0.4) is 0 Å². The second kappa shape index (κ2) is 8.08. The van der Waals surface area contributed by atoms with Gasteiger partial charge in [-0.15, -0.1) is 0 Å². The Morgan fingerprint density at radius 3 is 1.94 bits per heavy atom. The summed E-state index contributed by atoms with van der Waals surface area (Å²) in [5.41, 5.74) is 0. The van der Waals surface area contributed by atoms with Crippen molar-refractivity contribution in [2.24, 2.45) is 5.92 Å². The van der Waals surface area contributed by atoms with E-state index in [1.54, 1.807) is 0 Å². The molecule has 0 aliphatic heterocycles. The van der Waals surface area contributed by atoms with Crippen LogP contribution >= 0.6 is 0 Å².